The van der Waals surface area contributed by atoms with Gasteiger partial charge >= 0.3 is 0 Å². The van der Waals surface area contributed by atoms with E-state index < -0.39 is 0 Å². The number of nitrogens with zero attached hydrogens (tertiary/aromatic N) is 3. The SMILES string of the molecule is Brc1cnc(NCc2ccccn2)nc1. The fourth-order valence-electron chi connectivity index (χ4n) is 1.08. The van der Waals surface area contributed by atoms with Crippen LogP contribution in [0.15, 0.2) is 41.3 Å². The molecule has 0 fully saturated rings. The first-order valence-electron chi connectivity index (χ1n) is 4.46. The number of pyridine rings is 1. The largest absolute Gasteiger partial charge is 0.349 e. The monoisotopic (exact) mass is 264 g/mol. The molecule has 0 aliphatic rings. The van der Waals surface area contributed by atoms with Gasteiger partial charge in [-0.3, -0.25) is 4.98 Å². The predicted octanol–water partition coefficient (Wildman–Crippen LogP) is 2.25. The molecule has 0 spiro atoms. The van der Waals surface area contributed by atoms with E-state index in [0.29, 0.717) is 12.5 Å². The van der Waals surface area contributed by atoms with Crippen molar-refractivity contribution < 1.29 is 0 Å². The molecular weight excluding hydrogens is 256 g/mol. The van der Waals surface area contributed by atoms with Gasteiger partial charge in [0, 0.05) is 18.6 Å². The summed E-state index contributed by atoms with van der Waals surface area (Å²) in [6, 6.07) is 5.79. The van der Waals surface area contributed by atoms with Crippen molar-refractivity contribution in [3.05, 3.63) is 47.0 Å². The van der Waals surface area contributed by atoms with Gasteiger partial charge in [0.05, 0.1) is 16.7 Å². The molecule has 0 bridgehead atoms. The molecule has 0 unspecified atom stereocenters. The summed E-state index contributed by atoms with van der Waals surface area (Å²) in [4.78, 5) is 12.4. The summed E-state index contributed by atoms with van der Waals surface area (Å²) in [5.74, 6) is 0.601. The molecule has 2 aromatic rings. The van der Waals surface area contributed by atoms with Crippen molar-refractivity contribution >= 4 is 21.9 Å². The minimum absolute atomic E-state index is 0.601. The second-order valence-corrected chi connectivity index (χ2v) is 3.82. The number of hydrogen-bond acceptors (Lipinski definition) is 4. The Hall–Kier alpha value is -1.49. The van der Waals surface area contributed by atoms with Crippen LogP contribution in [0, 0.1) is 0 Å². The van der Waals surface area contributed by atoms with Gasteiger partial charge in [0.1, 0.15) is 0 Å². The van der Waals surface area contributed by atoms with Crippen LogP contribution in [0.2, 0.25) is 0 Å². The van der Waals surface area contributed by atoms with Gasteiger partial charge in [-0.05, 0) is 28.1 Å². The summed E-state index contributed by atoms with van der Waals surface area (Å²) < 4.78 is 0.867. The molecule has 76 valence electrons. The first-order chi connectivity index (χ1) is 7.34. The lowest BCUT2D eigenvalue weighted by atomic mass is 10.3. The van der Waals surface area contributed by atoms with Crippen LogP contribution in [0.1, 0.15) is 5.69 Å². The number of aromatic nitrogens is 3. The first-order valence-corrected chi connectivity index (χ1v) is 5.25. The molecule has 2 aromatic heterocycles. The van der Waals surface area contributed by atoms with Crippen LogP contribution in [-0.4, -0.2) is 15.0 Å². The van der Waals surface area contributed by atoms with E-state index in [4.69, 9.17) is 0 Å². The number of hydrogen-bond donors (Lipinski definition) is 1. The van der Waals surface area contributed by atoms with Crippen molar-refractivity contribution in [3.8, 4) is 0 Å². The Morgan fingerprint density at radius 2 is 1.93 bits per heavy atom. The standard InChI is InChI=1S/C10H9BrN4/c11-8-5-13-10(14-6-8)15-7-9-3-1-2-4-12-9/h1-6H,7H2,(H,13,14,15). The predicted molar refractivity (Wildman–Crippen MR) is 61.3 cm³/mol. The van der Waals surface area contributed by atoms with Crippen LogP contribution in [0.4, 0.5) is 5.95 Å². The summed E-state index contributed by atoms with van der Waals surface area (Å²) in [6.45, 7) is 0.627. The molecule has 15 heavy (non-hydrogen) atoms. The molecule has 0 saturated heterocycles. The number of anilines is 1. The Morgan fingerprint density at radius 3 is 2.60 bits per heavy atom. The zero-order valence-corrected chi connectivity index (χ0v) is 9.48. The van der Waals surface area contributed by atoms with E-state index in [9.17, 15) is 0 Å². The quantitative estimate of drug-likeness (QED) is 0.924. The normalized spacial score (nSPS) is 9.93. The molecule has 0 saturated carbocycles. The third-order valence-electron chi connectivity index (χ3n) is 1.77. The van der Waals surface area contributed by atoms with Gasteiger partial charge in [0.2, 0.25) is 5.95 Å². The van der Waals surface area contributed by atoms with Crippen molar-refractivity contribution in [3.63, 3.8) is 0 Å². The summed E-state index contributed by atoms with van der Waals surface area (Å²) in [6.07, 6.45) is 5.17. The number of nitrogens with one attached hydrogen (secondary N) is 1. The van der Waals surface area contributed by atoms with Gasteiger partial charge in [0.25, 0.3) is 0 Å². The molecular formula is C10H9BrN4. The minimum Gasteiger partial charge on any atom is -0.349 e. The maximum atomic E-state index is 4.18. The van der Waals surface area contributed by atoms with Crippen LogP contribution in [0.5, 0.6) is 0 Å². The van der Waals surface area contributed by atoms with E-state index in [-0.39, 0.29) is 0 Å². The second kappa shape index (κ2) is 4.84. The van der Waals surface area contributed by atoms with Crippen LogP contribution < -0.4 is 5.32 Å². The molecule has 0 radical (unpaired) electrons. The smallest absolute Gasteiger partial charge is 0.222 e. The highest BCUT2D eigenvalue weighted by Gasteiger charge is 1.96. The molecule has 2 rings (SSSR count). The minimum atomic E-state index is 0.601. The van der Waals surface area contributed by atoms with E-state index in [1.54, 1.807) is 18.6 Å². The van der Waals surface area contributed by atoms with Crippen LogP contribution in [-0.2, 0) is 6.54 Å². The highest BCUT2D eigenvalue weighted by molar-refractivity contribution is 9.10. The van der Waals surface area contributed by atoms with Crippen molar-refractivity contribution in [2.24, 2.45) is 0 Å². The molecule has 0 aromatic carbocycles. The fourth-order valence-corrected chi connectivity index (χ4v) is 1.28. The Labute approximate surface area is 95.9 Å². The van der Waals surface area contributed by atoms with E-state index in [1.165, 1.54) is 0 Å². The molecule has 0 aliphatic heterocycles. The van der Waals surface area contributed by atoms with Gasteiger partial charge in [0.15, 0.2) is 0 Å². The van der Waals surface area contributed by atoms with Gasteiger partial charge in [-0.2, -0.15) is 0 Å². The lowest BCUT2D eigenvalue weighted by molar-refractivity contribution is 0.999. The lowest BCUT2D eigenvalue weighted by Gasteiger charge is -2.03. The summed E-state index contributed by atoms with van der Waals surface area (Å²) in [5, 5.41) is 3.08. The molecule has 0 atom stereocenters. The lowest BCUT2D eigenvalue weighted by Crippen LogP contribution is -2.04. The first kappa shape index (κ1) is 10.0. The summed E-state index contributed by atoms with van der Waals surface area (Å²) in [7, 11) is 0. The summed E-state index contributed by atoms with van der Waals surface area (Å²) >= 11 is 3.28. The topological polar surface area (TPSA) is 50.7 Å². The van der Waals surface area contributed by atoms with E-state index in [0.717, 1.165) is 10.2 Å². The fraction of sp³-hybridized carbons (Fsp3) is 0.100. The molecule has 5 heteroatoms. The van der Waals surface area contributed by atoms with Crippen LogP contribution in [0.25, 0.3) is 0 Å². The zero-order valence-electron chi connectivity index (χ0n) is 7.89. The Morgan fingerprint density at radius 1 is 1.13 bits per heavy atom. The second-order valence-electron chi connectivity index (χ2n) is 2.90. The van der Waals surface area contributed by atoms with E-state index >= 15 is 0 Å². The number of halogens is 1. The average Bonchev–Trinajstić information content (AvgIpc) is 2.30. The Balaban J connectivity index is 1.96. The highest BCUT2D eigenvalue weighted by atomic mass is 79.9. The zero-order chi connectivity index (χ0) is 10.5. The van der Waals surface area contributed by atoms with Crippen molar-refractivity contribution in [1.82, 2.24) is 15.0 Å². The summed E-state index contributed by atoms with van der Waals surface area (Å²) in [5.41, 5.74) is 0.962. The van der Waals surface area contributed by atoms with Crippen LogP contribution in [0.3, 0.4) is 0 Å². The van der Waals surface area contributed by atoms with Crippen LogP contribution >= 0.6 is 15.9 Å². The molecule has 0 amide bonds. The number of rotatable bonds is 3. The highest BCUT2D eigenvalue weighted by Crippen LogP contribution is 2.07. The van der Waals surface area contributed by atoms with Crippen molar-refractivity contribution in [2.75, 3.05) is 5.32 Å². The van der Waals surface area contributed by atoms with Gasteiger partial charge in [-0.25, -0.2) is 9.97 Å². The van der Waals surface area contributed by atoms with Crippen molar-refractivity contribution in [2.45, 2.75) is 6.54 Å². The van der Waals surface area contributed by atoms with Gasteiger partial charge < -0.3 is 5.32 Å². The van der Waals surface area contributed by atoms with E-state index in [2.05, 4.69) is 36.2 Å². The molecule has 0 aliphatic carbocycles. The third kappa shape index (κ3) is 2.99. The molecule has 4 nitrogen and oxygen atoms in total. The van der Waals surface area contributed by atoms with Gasteiger partial charge in [-0.1, -0.05) is 6.07 Å². The third-order valence-corrected chi connectivity index (χ3v) is 2.18. The van der Waals surface area contributed by atoms with Gasteiger partial charge in [-0.15, -0.1) is 0 Å². The average molecular weight is 265 g/mol. The maximum absolute atomic E-state index is 4.18. The maximum Gasteiger partial charge on any atom is 0.222 e. The molecule has 1 N–H and O–H groups in total. The van der Waals surface area contributed by atoms with Crippen molar-refractivity contribution in [1.29, 1.82) is 0 Å². The Kier molecular flexibility index (Phi) is 3.24. The van der Waals surface area contributed by atoms with E-state index in [1.807, 2.05) is 18.2 Å². The molecule has 2 heterocycles. The Bertz CT molecular complexity index is 415.